The van der Waals surface area contributed by atoms with E-state index in [1.807, 2.05) is 48.5 Å². The number of carbonyl (C=O) groups is 1. The summed E-state index contributed by atoms with van der Waals surface area (Å²) < 4.78 is 0. The quantitative estimate of drug-likeness (QED) is 0.658. The number of benzene rings is 2. The third kappa shape index (κ3) is 4.47. The molecular formula is C15H15ClN2OS. The standard InChI is InChI=1S/C15H15ClN2OS/c16-14-7-2-1-4-11(14)9-18-15(19)10-20-13-6-3-5-12(17)8-13/h1-8H,9-10,17H2,(H,18,19). The topological polar surface area (TPSA) is 55.1 Å². The van der Waals surface area contributed by atoms with E-state index in [1.165, 1.54) is 11.8 Å². The summed E-state index contributed by atoms with van der Waals surface area (Å²) in [6, 6.07) is 14.9. The highest BCUT2D eigenvalue weighted by atomic mass is 35.5. The molecule has 0 aliphatic rings. The van der Waals surface area contributed by atoms with Gasteiger partial charge in [-0.15, -0.1) is 11.8 Å². The number of amides is 1. The van der Waals surface area contributed by atoms with Crippen LogP contribution >= 0.6 is 23.4 Å². The summed E-state index contributed by atoms with van der Waals surface area (Å²) in [6.45, 7) is 0.440. The molecule has 2 aromatic rings. The summed E-state index contributed by atoms with van der Waals surface area (Å²) >= 11 is 7.48. The molecule has 20 heavy (non-hydrogen) atoms. The van der Waals surface area contributed by atoms with Crippen LogP contribution in [-0.2, 0) is 11.3 Å². The van der Waals surface area contributed by atoms with Crippen LogP contribution in [0.25, 0.3) is 0 Å². The zero-order valence-corrected chi connectivity index (χ0v) is 12.4. The Labute approximate surface area is 127 Å². The maximum Gasteiger partial charge on any atom is 0.230 e. The first-order valence-corrected chi connectivity index (χ1v) is 7.50. The summed E-state index contributed by atoms with van der Waals surface area (Å²) in [5.41, 5.74) is 7.30. The van der Waals surface area contributed by atoms with Crippen molar-refractivity contribution in [3.8, 4) is 0 Å². The molecule has 0 saturated heterocycles. The van der Waals surface area contributed by atoms with Crippen molar-refractivity contribution in [2.45, 2.75) is 11.4 Å². The molecule has 2 aromatic carbocycles. The van der Waals surface area contributed by atoms with Crippen molar-refractivity contribution in [1.29, 1.82) is 0 Å². The first kappa shape index (κ1) is 14.8. The average molecular weight is 307 g/mol. The summed E-state index contributed by atoms with van der Waals surface area (Å²) in [6.07, 6.45) is 0. The molecule has 5 heteroatoms. The number of hydrogen-bond acceptors (Lipinski definition) is 3. The van der Waals surface area contributed by atoms with Crippen LogP contribution in [0.4, 0.5) is 5.69 Å². The third-order valence-corrected chi connectivity index (χ3v) is 4.02. The minimum Gasteiger partial charge on any atom is -0.399 e. The number of thioether (sulfide) groups is 1. The lowest BCUT2D eigenvalue weighted by molar-refractivity contribution is -0.118. The fourth-order valence-electron chi connectivity index (χ4n) is 1.64. The predicted molar refractivity (Wildman–Crippen MR) is 84.9 cm³/mol. The number of carbonyl (C=O) groups excluding carboxylic acids is 1. The van der Waals surface area contributed by atoms with Crippen molar-refractivity contribution in [3.63, 3.8) is 0 Å². The number of hydrogen-bond donors (Lipinski definition) is 2. The molecule has 0 heterocycles. The van der Waals surface area contributed by atoms with Gasteiger partial charge in [0.25, 0.3) is 0 Å². The van der Waals surface area contributed by atoms with Crippen molar-refractivity contribution >= 4 is 35.0 Å². The normalized spacial score (nSPS) is 10.2. The van der Waals surface area contributed by atoms with E-state index in [0.29, 0.717) is 23.0 Å². The first-order chi connectivity index (χ1) is 9.65. The van der Waals surface area contributed by atoms with Crippen LogP contribution in [0, 0.1) is 0 Å². The van der Waals surface area contributed by atoms with E-state index in [0.717, 1.165) is 10.5 Å². The van der Waals surface area contributed by atoms with E-state index in [9.17, 15) is 4.79 Å². The molecule has 0 aromatic heterocycles. The lowest BCUT2D eigenvalue weighted by atomic mass is 10.2. The summed E-state index contributed by atoms with van der Waals surface area (Å²) in [5.74, 6) is 0.325. The van der Waals surface area contributed by atoms with Gasteiger partial charge in [0.1, 0.15) is 0 Å². The maximum atomic E-state index is 11.8. The van der Waals surface area contributed by atoms with E-state index in [-0.39, 0.29) is 5.91 Å². The van der Waals surface area contributed by atoms with E-state index in [4.69, 9.17) is 17.3 Å². The fraction of sp³-hybridized carbons (Fsp3) is 0.133. The Kier molecular flexibility index (Phi) is 5.32. The summed E-state index contributed by atoms with van der Waals surface area (Å²) in [4.78, 5) is 12.8. The van der Waals surface area contributed by atoms with E-state index < -0.39 is 0 Å². The first-order valence-electron chi connectivity index (χ1n) is 6.13. The Hall–Kier alpha value is -1.65. The summed E-state index contributed by atoms with van der Waals surface area (Å²) in [5, 5.41) is 3.51. The van der Waals surface area contributed by atoms with E-state index >= 15 is 0 Å². The number of halogens is 1. The van der Waals surface area contributed by atoms with Gasteiger partial charge in [0.05, 0.1) is 5.75 Å². The fourth-order valence-corrected chi connectivity index (χ4v) is 2.64. The second-order valence-electron chi connectivity index (χ2n) is 4.23. The average Bonchev–Trinajstić information content (AvgIpc) is 2.44. The van der Waals surface area contributed by atoms with Gasteiger partial charge in [-0.05, 0) is 29.8 Å². The van der Waals surface area contributed by atoms with Gasteiger partial charge in [0, 0.05) is 22.2 Å². The largest absolute Gasteiger partial charge is 0.399 e. The van der Waals surface area contributed by atoms with Crippen LogP contribution in [0.3, 0.4) is 0 Å². The zero-order valence-electron chi connectivity index (χ0n) is 10.8. The SMILES string of the molecule is Nc1cccc(SCC(=O)NCc2ccccc2Cl)c1. The smallest absolute Gasteiger partial charge is 0.230 e. The molecule has 0 unspecified atom stereocenters. The summed E-state index contributed by atoms with van der Waals surface area (Å²) in [7, 11) is 0. The molecule has 0 saturated carbocycles. The van der Waals surface area contributed by atoms with Gasteiger partial charge in [-0.1, -0.05) is 35.9 Å². The van der Waals surface area contributed by atoms with Crippen LogP contribution in [0.2, 0.25) is 5.02 Å². The van der Waals surface area contributed by atoms with Crippen LogP contribution in [0.15, 0.2) is 53.4 Å². The molecule has 2 rings (SSSR count). The third-order valence-electron chi connectivity index (χ3n) is 2.66. The van der Waals surface area contributed by atoms with E-state index in [2.05, 4.69) is 5.32 Å². The van der Waals surface area contributed by atoms with Gasteiger partial charge < -0.3 is 11.1 Å². The molecule has 1 amide bonds. The van der Waals surface area contributed by atoms with Crippen molar-refractivity contribution < 1.29 is 4.79 Å². The molecule has 0 radical (unpaired) electrons. The highest BCUT2D eigenvalue weighted by molar-refractivity contribution is 8.00. The molecule has 0 aliphatic heterocycles. The molecule has 3 N–H and O–H groups in total. The van der Waals surface area contributed by atoms with Gasteiger partial charge in [-0.3, -0.25) is 4.79 Å². The lowest BCUT2D eigenvalue weighted by Crippen LogP contribution is -2.24. The minimum absolute atomic E-state index is 0.0302. The highest BCUT2D eigenvalue weighted by Crippen LogP contribution is 2.20. The monoisotopic (exact) mass is 306 g/mol. The molecule has 0 fully saturated rings. The van der Waals surface area contributed by atoms with Gasteiger partial charge >= 0.3 is 0 Å². The molecule has 104 valence electrons. The molecule has 3 nitrogen and oxygen atoms in total. The van der Waals surface area contributed by atoms with Gasteiger partial charge in [-0.2, -0.15) is 0 Å². The van der Waals surface area contributed by atoms with Crippen molar-refractivity contribution in [3.05, 3.63) is 59.1 Å². The Morgan fingerprint density at radius 3 is 2.75 bits per heavy atom. The predicted octanol–water partition coefficient (Wildman–Crippen LogP) is 3.33. The zero-order chi connectivity index (χ0) is 14.4. The Morgan fingerprint density at radius 1 is 1.20 bits per heavy atom. The van der Waals surface area contributed by atoms with Crippen LogP contribution in [0.5, 0.6) is 0 Å². The van der Waals surface area contributed by atoms with Gasteiger partial charge in [0.2, 0.25) is 5.91 Å². The Morgan fingerprint density at radius 2 is 2.00 bits per heavy atom. The maximum absolute atomic E-state index is 11.8. The van der Waals surface area contributed by atoms with Crippen LogP contribution < -0.4 is 11.1 Å². The molecule has 0 spiro atoms. The van der Waals surface area contributed by atoms with Crippen molar-refractivity contribution in [1.82, 2.24) is 5.32 Å². The number of nitrogens with one attached hydrogen (secondary N) is 1. The Balaban J connectivity index is 1.80. The number of anilines is 1. The van der Waals surface area contributed by atoms with Crippen LogP contribution in [-0.4, -0.2) is 11.7 Å². The van der Waals surface area contributed by atoms with Crippen LogP contribution in [0.1, 0.15) is 5.56 Å². The number of nitrogen functional groups attached to an aromatic ring is 1. The van der Waals surface area contributed by atoms with Crippen molar-refractivity contribution in [2.75, 3.05) is 11.5 Å². The molecule has 0 bridgehead atoms. The van der Waals surface area contributed by atoms with Gasteiger partial charge in [-0.25, -0.2) is 0 Å². The number of nitrogens with two attached hydrogens (primary N) is 1. The Bertz CT molecular complexity index is 604. The van der Waals surface area contributed by atoms with Crippen molar-refractivity contribution in [2.24, 2.45) is 0 Å². The molecule has 0 aliphatic carbocycles. The van der Waals surface area contributed by atoms with E-state index in [1.54, 1.807) is 0 Å². The molecular weight excluding hydrogens is 292 g/mol. The lowest BCUT2D eigenvalue weighted by Gasteiger charge is -2.07. The second-order valence-corrected chi connectivity index (χ2v) is 5.69. The highest BCUT2D eigenvalue weighted by Gasteiger charge is 2.04. The molecule has 0 atom stereocenters. The van der Waals surface area contributed by atoms with Gasteiger partial charge in [0.15, 0.2) is 0 Å². The second kappa shape index (κ2) is 7.22. The minimum atomic E-state index is -0.0302. The number of rotatable bonds is 5.